The molecule has 22 heavy (non-hydrogen) atoms. The predicted octanol–water partition coefficient (Wildman–Crippen LogP) is 3.02. The number of hydrogen-bond donors (Lipinski definition) is 2. The van der Waals surface area contributed by atoms with Gasteiger partial charge in [0, 0.05) is 24.0 Å². The molecule has 0 unspecified atom stereocenters. The lowest BCUT2D eigenvalue weighted by atomic mass is 10.2. The topological polar surface area (TPSA) is 77.2 Å². The molecule has 116 valence electrons. The van der Waals surface area contributed by atoms with Crippen molar-refractivity contribution < 1.29 is 9.53 Å². The van der Waals surface area contributed by atoms with E-state index >= 15 is 0 Å². The van der Waals surface area contributed by atoms with E-state index in [0.717, 1.165) is 17.7 Å². The molecule has 1 amide bonds. The summed E-state index contributed by atoms with van der Waals surface area (Å²) in [5.74, 6) is 0.328. The van der Waals surface area contributed by atoms with Gasteiger partial charge in [-0.3, -0.25) is 9.78 Å². The highest BCUT2D eigenvalue weighted by atomic mass is 35.5. The quantitative estimate of drug-likeness (QED) is 0.769. The van der Waals surface area contributed by atoms with Gasteiger partial charge in [-0.1, -0.05) is 11.6 Å². The molecule has 2 rings (SSSR count). The van der Waals surface area contributed by atoms with E-state index in [1.807, 2.05) is 19.1 Å². The fourth-order valence-corrected chi connectivity index (χ4v) is 2.22. The van der Waals surface area contributed by atoms with Crippen LogP contribution in [-0.2, 0) is 0 Å². The zero-order chi connectivity index (χ0) is 15.9. The number of aryl methyl sites for hydroxylation is 1. The lowest BCUT2D eigenvalue weighted by molar-refractivity contribution is 0.100. The smallest absolute Gasteiger partial charge is 0.252 e. The van der Waals surface area contributed by atoms with E-state index in [0.29, 0.717) is 29.4 Å². The number of primary amides is 1. The molecule has 0 aliphatic rings. The number of halogens is 1. The number of carbonyl (C=O) groups excluding carboxylic acids is 1. The number of carbonyl (C=O) groups is 1. The molecule has 0 spiro atoms. The van der Waals surface area contributed by atoms with Crippen molar-refractivity contribution in [3.63, 3.8) is 0 Å². The molecule has 0 radical (unpaired) electrons. The van der Waals surface area contributed by atoms with Crippen LogP contribution in [0, 0.1) is 6.92 Å². The summed E-state index contributed by atoms with van der Waals surface area (Å²) in [7, 11) is 0. The fraction of sp³-hybridized carbons (Fsp3) is 0.250. The van der Waals surface area contributed by atoms with Crippen molar-refractivity contribution in [1.29, 1.82) is 0 Å². The minimum absolute atomic E-state index is 0.386. The van der Waals surface area contributed by atoms with Gasteiger partial charge in [-0.05, 0) is 43.2 Å². The highest BCUT2D eigenvalue weighted by molar-refractivity contribution is 6.30. The fourth-order valence-electron chi connectivity index (χ4n) is 2.00. The number of nitrogens with zero attached hydrogens (tertiary/aromatic N) is 1. The van der Waals surface area contributed by atoms with Crippen LogP contribution in [0.3, 0.4) is 0 Å². The number of pyridine rings is 1. The van der Waals surface area contributed by atoms with Crippen molar-refractivity contribution in [2.75, 3.05) is 18.5 Å². The first-order chi connectivity index (χ1) is 10.6. The molecule has 0 bridgehead atoms. The lowest BCUT2D eigenvalue weighted by Crippen LogP contribution is -2.16. The van der Waals surface area contributed by atoms with Gasteiger partial charge >= 0.3 is 0 Å². The number of anilines is 1. The SMILES string of the molecule is Cc1cc(Cl)ccc1OCCCNc1ccncc1C(N)=O. The second kappa shape index (κ2) is 7.66. The third-order valence-electron chi connectivity index (χ3n) is 3.12. The average Bonchev–Trinajstić information content (AvgIpc) is 2.49. The maximum Gasteiger partial charge on any atom is 0.252 e. The molecule has 0 atom stereocenters. The minimum atomic E-state index is -0.497. The molecule has 2 aromatic rings. The first-order valence-corrected chi connectivity index (χ1v) is 7.32. The number of nitrogens with two attached hydrogens (primary N) is 1. The molecule has 0 fully saturated rings. The van der Waals surface area contributed by atoms with Gasteiger partial charge in [0.15, 0.2) is 0 Å². The summed E-state index contributed by atoms with van der Waals surface area (Å²) in [6.07, 6.45) is 3.85. The van der Waals surface area contributed by atoms with Crippen LogP contribution in [0.2, 0.25) is 5.02 Å². The highest BCUT2D eigenvalue weighted by Gasteiger charge is 2.07. The predicted molar refractivity (Wildman–Crippen MR) is 87.5 cm³/mol. The van der Waals surface area contributed by atoms with Gasteiger partial charge in [0.05, 0.1) is 17.9 Å². The van der Waals surface area contributed by atoms with Gasteiger partial charge in [0.25, 0.3) is 5.91 Å². The van der Waals surface area contributed by atoms with Crippen LogP contribution in [-0.4, -0.2) is 24.0 Å². The summed E-state index contributed by atoms with van der Waals surface area (Å²) in [6.45, 7) is 3.18. The number of hydrogen-bond acceptors (Lipinski definition) is 4. The molecule has 6 heteroatoms. The minimum Gasteiger partial charge on any atom is -0.493 e. The second-order valence-corrected chi connectivity index (χ2v) is 5.26. The number of ether oxygens (including phenoxy) is 1. The summed E-state index contributed by atoms with van der Waals surface area (Å²) in [6, 6.07) is 7.26. The number of rotatable bonds is 7. The maximum absolute atomic E-state index is 11.3. The Morgan fingerprint density at radius 3 is 2.95 bits per heavy atom. The average molecular weight is 320 g/mol. The Kier molecular flexibility index (Phi) is 5.61. The summed E-state index contributed by atoms with van der Waals surface area (Å²) in [4.78, 5) is 15.2. The van der Waals surface area contributed by atoms with E-state index in [9.17, 15) is 4.79 Å². The van der Waals surface area contributed by atoms with Crippen molar-refractivity contribution in [3.05, 3.63) is 52.8 Å². The number of amides is 1. The third kappa shape index (κ3) is 4.36. The molecular weight excluding hydrogens is 302 g/mol. The van der Waals surface area contributed by atoms with E-state index < -0.39 is 5.91 Å². The van der Waals surface area contributed by atoms with Crippen molar-refractivity contribution in [3.8, 4) is 5.75 Å². The van der Waals surface area contributed by atoms with Crippen LogP contribution in [0.1, 0.15) is 22.3 Å². The normalized spacial score (nSPS) is 10.3. The molecule has 0 saturated carbocycles. The van der Waals surface area contributed by atoms with Crippen molar-refractivity contribution in [2.45, 2.75) is 13.3 Å². The number of aromatic nitrogens is 1. The van der Waals surface area contributed by atoms with E-state index in [1.165, 1.54) is 6.20 Å². The van der Waals surface area contributed by atoms with E-state index in [1.54, 1.807) is 18.3 Å². The zero-order valence-electron chi connectivity index (χ0n) is 12.3. The van der Waals surface area contributed by atoms with E-state index in [2.05, 4.69) is 10.3 Å². The molecule has 5 nitrogen and oxygen atoms in total. The summed E-state index contributed by atoms with van der Waals surface area (Å²) >= 11 is 5.90. The van der Waals surface area contributed by atoms with Gasteiger partial charge in [-0.25, -0.2) is 0 Å². The lowest BCUT2D eigenvalue weighted by Gasteiger charge is -2.11. The zero-order valence-corrected chi connectivity index (χ0v) is 13.1. The van der Waals surface area contributed by atoms with Gasteiger partial charge in [-0.15, -0.1) is 0 Å². The molecule has 0 aliphatic carbocycles. The standard InChI is InChI=1S/C16H18ClN3O2/c1-11-9-12(17)3-4-15(11)22-8-2-6-20-14-5-7-19-10-13(14)16(18)21/h3-5,7,9-10H,2,6,8H2,1H3,(H2,18,21)(H,19,20). The first kappa shape index (κ1) is 16.1. The first-order valence-electron chi connectivity index (χ1n) is 6.94. The Morgan fingerprint density at radius 1 is 1.41 bits per heavy atom. The van der Waals surface area contributed by atoms with Crippen molar-refractivity contribution >= 4 is 23.2 Å². The Bertz CT molecular complexity index is 662. The summed E-state index contributed by atoms with van der Waals surface area (Å²) in [5, 5.41) is 3.86. The van der Waals surface area contributed by atoms with Crippen molar-refractivity contribution in [1.82, 2.24) is 4.98 Å². The Hall–Kier alpha value is -2.27. The largest absolute Gasteiger partial charge is 0.493 e. The molecule has 3 N–H and O–H groups in total. The molecular formula is C16H18ClN3O2. The number of nitrogens with one attached hydrogen (secondary N) is 1. The molecule has 1 heterocycles. The van der Waals surface area contributed by atoms with E-state index in [-0.39, 0.29) is 0 Å². The second-order valence-electron chi connectivity index (χ2n) is 4.82. The maximum atomic E-state index is 11.3. The summed E-state index contributed by atoms with van der Waals surface area (Å²) < 4.78 is 5.70. The summed E-state index contributed by atoms with van der Waals surface area (Å²) in [5.41, 5.74) is 7.37. The van der Waals surface area contributed by atoms with Crippen LogP contribution in [0.4, 0.5) is 5.69 Å². The Balaban J connectivity index is 1.79. The van der Waals surface area contributed by atoms with Gasteiger partial charge in [-0.2, -0.15) is 0 Å². The van der Waals surface area contributed by atoms with Crippen LogP contribution in [0.15, 0.2) is 36.7 Å². The molecule has 0 aliphatic heterocycles. The molecule has 1 aromatic carbocycles. The molecule has 0 saturated heterocycles. The number of benzene rings is 1. The van der Waals surface area contributed by atoms with Gasteiger partial charge in [0.2, 0.25) is 0 Å². The highest BCUT2D eigenvalue weighted by Crippen LogP contribution is 2.21. The third-order valence-corrected chi connectivity index (χ3v) is 3.35. The van der Waals surface area contributed by atoms with E-state index in [4.69, 9.17) is 22.1 Å². The van der Waals surface area contributed by atoms with Gasteiger partial charge < -0.3 is 15.8 Å². The molecule has 1 aromatic heterocycles. The van der Waals surface area contributed by atoms with Gasteiger partial charge in [0.1, 0.15) is 5.75 Å². The van der Waals surface area contributed by atoms with Crippen LogP contribution < -0.4 is 15.8 Å². The van der Waals surface area contributed by atoms with Crippen LogP contribution in [0.5, 0.6) is 5.75 Å². The van der Waals surface area contributed by atoms with Crippen molar-refractivity contribution in [2.24, 2.45) is 5.73 Å². The monoisotopic (exact) mass is 319 g/mol. The Labute approximate surface area is 134 Å². The van der Waals surface area contributed by atoms with Crippen LogP contribution in [0.25, 0.3) is 0 Å². The Morgan fingerprint density at radius 2 is 2.23 bits per heavy atom. The van der Waals surface area contributed by atoms with Crippen LogP contribution >= 0.6 is 11.6 Å².